The van der Waals surface area contributed by atoms with Gasteiger partial charge in [-0.2, -0.15) is 5.26 Å². The van der Waals surface area contributed by atoms with Gasteiger partial charge < -0.3 is 14.5 Å². The van der Waals surface area contributed by atoms with E-state index in [2.05, 4.69) is 16.0 Å². The van der Waals surface area contributed by atoms with Gasteiger partial charge in [0, 0.05) is 6.07 Å². The molecule has 6 heteroatoms. The molecule has 3 aromatic rings. The molecule has 1 N–H and O–H groups in total. The number of aromatic amines is 1. The predicted octanol–water partition coefficient (Wildman–Crippen LogP) is 2.98. The van der Waals surface area contributed by atoms with E-state index < -0.39 is 0 Å². The molecule has 0 amide bonds. The van der Waals surface area contributed by atoms with Crippen molar-refractivity contribution in [3.05, 3.63) is 63.7 Å². The van der Waals surface area contributed by atoms with Crippen LogP contribution in [0.25, 0.3) is 23.1 Å². The van der Waals surface area contributed by atoms with Crippen molar-refractivity contribution in [3.8, 4) is 17.6 Å². The Hall–Kier alpha value is -3.59. The summed E-state index contributed by atoms with van der Waals surface area (Å²) in [5.74, 6) is 1.38. The lowest BCUT2D eigenvalue weighted by Crippen LogP contribution is -2.10. The van der Waals surface area contributed by atoms with E-state index in [1.165, 1.54) is 14.2 Å². The van der Waals surface area contributed by atoms with Crippen LogP contribution >= 0.6 is 0 Å². The second kappa shape index (κ2) is 6.89. The lowest BCUT2D eigenvalue weighted by molar-refractivity contribution is 0.355. The molecule has 3 rings (SSSR count). The summed E-state index contributed by atoms with van der Waals surface area (Å²) in [6.07, 6.45) is 3.47. The second-order valence-corrected chi connectivity index (χ2v) is 5.25. The molecular formula is C19H15N3O3. The van der Waals surface area contributed by atoms with Gasteiger partial charge in [-0.25, -0.2) is 4.98 Å². The molecule has 0 bridgehead atoms. The summed E-state index contributed by atoms with van der Waals surface area (Å²) in [7, 11) is 3.04. The van der Waals surface area contributed by atoms with Crippen LogP contribution in [-0.4, -0.2) is 24.2 Å². The van der Waals surface area contributed by atoms with Gasteiger partial charge in [-0.05, 0) is 29.8 Å². The van der Waals surface area contributed by atoms with E-state index in [1.54, 1.807) is 42.5 Å². The van der Waals surface area contributed by atoms with E-state index in [-0.39, 0.29) is 5.56 Å². The van der Waals surface area contributed by atoms with Crippen molar-refractivity contribution < 1.29 is 9.47 Å². The van der Waals surface area contributed by atoms with Gasteiger partial charge in [-0.3, -0.25) is 4.79 Å². The molecule has 0 fully saturated rings. The first kappa shape index (κ1) is 16.3. The van der Waals surface area contributed by atoms with Gasteiger partial charge in [-0.1, -0.05) is 18.2 Å². The second-order valence-electron chi connectivity index (χ2n) is 5.25. The number of nitriles is 1. The number of fused-ring (bicyclic) bond motifs is 1. The van der Waals surface area contributed by atoms with Crippen LogP contribution in [-0.2, 0) is 0 Å². The van der Waals surface area contributed by atoms with Crippen molar-refractivity contribution in [1.82, 2.24) is 9.97 Å². The van der Waals surface area contributed by atoms with E-state index >= 15 is 0 Å². The highest BCUT2D eigenvalue weighted by atomic mass is 16.5. The van der Waals surface area contributed by atoms with Crippen LogP contribution in [0, 0.1) is 11.3 Å². The topological polar surface area (TPSA) is 88.0 Å². The summed E-state index contributed by atoms with van der Waals surface area (Å²) < 4.78 is 10.5. The van der Waals surface area contributed by atoms with Gasteiger partial charge >= 0.3 is 0 Å². The van der Waals surface area contributed by atoms with Crippen LogP contribution in [0.5, 0.6) is 11.5 Å². The van der Waals surface area contributed by atoms with Gasteiger partial charge in [0.15, 0.2) is 11.5 Å². The van der Waals surface area contributed by atoms with Gasteiger partial charge in [0.1, 0.15) is 5.82 Å². The molecule has 0 saturated heterocycles. The lowest BCUT2D eigenvalue weighted by atomic mass is 10.1. The van der Waals surface area contributed by atoms with Gasteiger partial charge in [0.05, 0.1) is 36.8 Å². The fourth-order valence-corrected chi connectivity index (χ4v) is 2.45. The molecular weight excluding hydrogens is 318 g/mol. The summed E-state index contributed by atoms with van der Waals surface area (Å²) in [4.78, 5) is 19.5. The molecule has 0 radical (unpaired) electrons. The zero-order chi connectivity index (χ0) is 17.8. The first-order valence-electron chi connectivity index (χ1n) is 7.49. The Labute approximate surface area is 144 Å². The number of aromatic nitrogens is 2. The standard InChI is InChI=1S/C19H15N3O3/c1-24-16-9-14-15(10-17(16)25-2)21-18(22-19(14)23)7-6-12-4-3-5-13(8-12)11-20/h3-10H,1-2H3,(H,21,22,23)/b7-6+. The average molecular weight is 333 g/mol. The molecule has 124 valence electrons. The third kappa shape index (κ3) is 3.35. The van der Waals surface area contributed by atoms with E-state index in [0.29, 0.717) is 33.8 Å². The van der Waals surface area contributed by atoms with Crippen molar-refractivity contribution in [2.24, 2.45) is 0 Å². The number of nitrogens with zero attached hydrogens (tertiary/aromatic N) is 2. The smallest absolute Gasteiger partial charge is 0.259 e. The number of benzene rings is 2. The number of hydrogen-bond acceptors (Lipinski definition) is 5. The normalized spacial score (nSPS) is 10.8. The molecule has 1 aromatic heterocycles. The highest BCUT2D eigenvalue weighted by Crippen LogP contribution is 2.29. The molecule has 0 aliphatic carbocycles. The van der Waals surface area contributed by atoms with Gasteiger partial charge in [0.25, 0.3) is 5.56 Å². The number of nitrogens with one attached hydrogen (secondary N) is 1. The van der Waals surface area contributed by atoms with Crippen LogP contribution < -0.4 is 15.0 Å². The molecule has 0 aliphatic rings. The molecule has 6 nitrogen and oxygen atoms in total. The molecule has 2 aromatic carbocycles. The first-order valence-corrected chi connectivity index (χ1v) is 7.49. The lowest BCUT2D eigenvalue weighted by Gasteiger charge is -2.08. The van der Waals surface area contributed by atoms with Crippen LogP contribution in [0.4, 0.5) is 0 Å². The zero-order valence-corrected chi connectivity index (χ0v) is 13.7. The fourth-order valence-electron chi connectivity index (χ4n) is 2.45. The summed E-state index contributed by atoms with van der Waals surface area (Å²) in [5, 5.41) is 9.36. The Bertz CT molecular complexity index is 1060. The highest BCUT2D eigenvalue weighted by molar-refractivity contribution is 5.83. The summed E-state index contributed by atoms with van der Waals surface area (Å²) in [6.45, 7) is 0. The van der Waals surface area contributed by atoms with Crippen molar-refractivity contribution >= 4 is 23.1 Å². The van der Waals surface area contributed by atoms with Gasteiger partial charge in [-0.15, -0.1) is 0 Å². The summed E-state index contributed by atoms with van der Waals surface area (Å²) >= 11 is 0. The molecule has 0 aliphatic heterocycles. The monoisotopic (exact) mass is 333 g/mol. The minimum absolute atomic E-state index is 0.267. The van der Waals surface area contributed by atoms with Crippen LogP contribution in [0.15, 0.2) is 41.2 Å². The van der Waals surface area contributed by atoms with Crippen LogP contribution in [0.1, 0.15) is 17.0 Å². The van der Waals surface area contributed by atoms with E-state index in [1.807, 2.05) is 6.07 Å². The zero-order valence-electron chi connectivity index (χ0n) is 13.7. The Balaban J connectivity index is 2.04. The number of rotatable bonds is 4. The van der Waals surface area contributed by atoms with Crippen molar-refractivity contribution in [2.45, 2.75) is 0 Å². The molecule has 0 unspecified atom stereocenters. The van der Waals surface area contributed by atoms with E-state index in [4.69, 9.17) is 14.7 Å². The number of hydrogen-bond donors (Lipinski definition) is 1. The fraction of sp³-hybridized carbons (Fsp3) is 0.105. The predicted molar refractivity (Wildman–Crippen MR) is 95.6 cm³/mol. The third-order valence-electron chi connectivity index (χ3n) is 3.68. The van der Waals surface area contributed by atoms with Crippen molar-refractivity contribution in [1.29, 1.82) is 5.26 Å². The molecule has 1 heterocycles. The maximum Gasteiger partial charge on any atom is 0.259 e. The Kier molecular flexibility index (Phi) is 4.48. The summed E-state index contributed by atoms with van der Waals surface area (Å²) in [6, 6.07) is 12.5. The Morgan fingerprint density at radius 1 is 1.12 bits per heavy atom. The molecule has 25 heavy (non-hydrogen) atoms. The van der Waals surface area contributed by atoms with Crippen LogP contribution in [0.2, 0.25) is 0 Å². The highest BCUT2D eigenvalue weighted by Gasteiger charge is 2.10. The van der Waals surface area contributed by atoms with E-state index in [9.17, 15) is 4.79 Å². The largest absolute Gasteiger partial charge is 0.493 e. The van der Waals surface area contributed by atoms with E-state index in [0.717, 1.165) is 5.56 Å². The van der Waals surface area contributed by atoms with Crippen LogP contribution in [0.3, 0.4) is 0 Å². The Morgan fingerprint density at radius 2 is 1.88 bits per heavy atom. The quantitative estimate of drug-likeness (QED) is 0.793. The Morgan fingerprint density at radius 3 is 2.60 bits per heavy atom. The molecule has 0 saturated carbocycles. The maximum atomic E-state index is 12.3. The number of H-pyrrole nitrogens is 1. The number of ether oxygens (including phenoxy) is 2. The van der Waals surface area contributed by atoms with Crippen molar-refractivity contribution in [2.75, 3.05) is 14.2 Å². The summed E-state index contributed by atoms with van der Waals surface area (Å²) in [5.41, 5.74) is 1.65. The average Bonchev–Trinajstić information content (AvgIpc) is 2.65. The SMILES string of the molecule is COc1cc2nc(/C=C/c3cccc(C#N)c3)[nH]c(=O)c2cc1OC. The minimum Gasteiger partial charge on any atom is -0.493 e. The minimum atomic E-state index is -0.267. The van der Waals surface area contributed by atoms with Crippen molar-refractivity contribution in [3.63, 3.8) is 0 Å². The number of methoxy groups -OCH3 is 2. The third-order valence-corrected chi connectivity index (χ3v) is 3.68. The maximum absolute atomic E-state index is 12.3. The molecule has 0 atom stereocenters. The first-order chi connectivity index (χ1) is 12.1. The molecule has 0 spiro atoms. The van der Waals surface area contributed by atoms with Gasteiger partial charge in [0.2, 0.25) is 0 Å².